The maximum absolute atomic E-state index is 6.10. The standard InChI is InChI=1S/C12H11ClN4/c1-7-6-10(17(2)16-7)12-14-9-5-3-4-8(13)11(9)15-12/h3-6H,1-2H3,(H,14,15). The van der Waals surface area contributed by atoms with Gasteiger partial charge in [0, 0.05) is 7.05 Å². The van der Waals surface area contributed by atoms with E-state index < -0.39 is 0 Å². The van der Waals surface area contributed by atoms with Crippen LogP contribution in [0.2, 0.25) is 5.02 Å². The molecule has 0 saturated heterocycles. The highest BCUT2D eigenvalue weighted by Crippen LogP contribution is 2.25. The summed E-state index contributed by atoms with van der Waals surface area (Å²) in [7, 11) is 1.90. The van der Waals surface area contributed by atoms with Crippen LogP contribution in [-0.2, 0) is 7.05 Å². The lowest BCUT2D eigenvalue weighted by Crippen LogP contribution is -1.94. The van der Waals surface area contributed by atoms with Crippen molar-refractivity contribution < 1.29 is 0 Å². The zero-order valence-corrected chi connectivity index (χ0v) is 10.3. The number of aromatic nitrogens is 4. The molecule has 3 rings (SSSR count). The lowest BCUT2D eigenvalue weighted by Gasteiger charge is -1.95. The summed E-state index contributed by atoms with van der Waals surface area (Å²) in [4.78, 5) is 7.76. The number of para-hydroxylation sites is 1. The molecule has 1 N–H and O–H groups in total. The Hall–Kier alpha value is -1.81. The van der Waals surface area contributed by atoms with E-state index in [9.17, 15) is 0 Å². The van der Waals surface area contributed by atoms with Crippen LogP contribution in [-0.4, -0.2) is 19.7 Å². The van der Waals surface area contributed by atoms with Crippen LogP contribution in [0.1, 0.15) is 5.69 Å². The lowest BCUT2D eigenvalue weighted by molar-refractivity contribution is 0.760. The second-order valence-corrected chi connectivity index (χ2v) is 4.42. The first-order valence-corrected chi connectivity index (χ1v) is 5.68. The smallest absolute Gasteiger partial charge is 0.156 e. The molecule has 0 radical (unpaired) electrons. The molecule has 86 valence electrons. The van der Waals surface area contributed by atoms with Crippen molar-refractivity contribution in [2.45, 2.75) is 6.92 Å². The number of fused-ring (bicyclic) bond motifs is 1. The van der Waals surface area contributed by atoms with E-state index in [0.717, 1.165) is 28.2 Å². The Morgan fingerprint density at radius 1 is 1.35 bits per heavy atom. The van der Waals surface area contributed by atoms with Gasteiger partial charge >= 0.3 is 0 Å². The molecule has 0 aliphatic carbocycles. The van der Waals surface area contributed by atoms with Crippen molar-refractivity contribution in [3.63, 3.8) is 0 Å². The number of aryl methyl sites for hydroxylation is 2. The van der Waals surface area contributed by atoms with Gasteiger partial charge in [0.25, 0.3) is 0 Å². The molecule has 4 nitrogen and oxygen atoms in total. The fourth-order valence-electron chi connectivity index (χ4n) is 1.95. The third-order valence-corrected chi connectivity index (χ3v) is 3.01. The van der Waals surface area contributed by atoms with Crippen molar-refractivity contribution in [1.82, 2.24) is 19.7 Å². The zero-order valence-electron chi connectivity index (χ0n) is 9.53. The number of hydrogen-bond donors (Lipinski definition) is 1. The fraction of sp³-hybridized carbons (Fsp3) is 0.167. The van der Waals surface area contributed by atoms with Gasteiger partial charge in [-0.3, -0.25) is 4.68 Å². The summed E-state index contributed by atoms with van der Waals surface area (Å²) in [6.45, 7) is 1.96. The van der Waals surface area contributed by atoms with Crippen molar-refractivity contribution in [2.75, 3.05) is 0 Å². The normalized spacial score (nSPS) is 11.2. The molecule has 3 aromatic rings. The van der Waals surface area contributed by atoms with Crippen LogP contribution >= 0.6 is 11.6 Å². The van der Waals surface area contributed by atoms with Gasteiger partial charge in [-0.25, -0.2) is 4.98 Å². The molecule has 2 aromatic heterocycles. The highest BCUT2D eigenvalue weighted by molar-refractivity contribution is 6.34. The minimum absolute atomic E-state index is 0.656. The van der Waals surface area contributed by atoms with Crippen LogP contribution in [0.15, 0.2) is 24.3 Å². The quantitative estimate of drug-likeness (QED) is 0.718. The van der Waals surface area contributed by atoms with E-state index in [1.807, 2.05) is 38.2 Å². The summed E-state index contributed by atoms with van der Waals surface area (Å²) >= 11 is 6.10. The number of nitrogens with zero attached hydrogens (tertiary/aromatic N) is 3. The minimum Gasteiger partial charge on any atom is -0.337 e. The van der Waals surface area contributed by atoms with Crippen LogP contribution < -0.4 is 0 Å². The monoisotopic (exact) mass is 246 g/mol. The van der Waals surface area contributed by atoms with Gasteiger partial charge in [0.1, 0.15) is 11.2 Å². The Bertz CT molecular complexity index is 696. The van der Waals surface area contributed by atoms with Gasteiger partial charge in [-0.2, -0.15) is 5.10 Å². The van der Waals surface area contributed by atoms with E-state index in [4.69, 9.17) is 11.6 Å². The molecule has 0 bridgehead atoms. The Kier molecular flexibility index (Phi) is 2.19. The first-order valence-electron chi connectivity index (χ1n) is 5.30. The lowest BCUT2D eigenvalue weighted by atomic mass is 10.3. The van der Waals surface area contributed by atoms with Gasteiger partial charge in [0.2, 0.25) is 0 Å². The zero-order chi connectivity index (χ0) is 12.0. The Balaban J connectivity index is 2.25. The van der Waals surface area contributed by atoms with Gasteiger partial charge in [0.05, 0.1) is 16.2 Å². The van der Waals surface area contributed by atoms with Crippen LogP contribution in [0.5, 0.6) is 0 Å². The number of aromatic amines is 1. The predicted molar refractivity (Wildman–Crippen MR) is 68.0 cm³/mol. The average Bonchev–Trinajstić information content (AvgIpc) is 2.82. The molecular weight excluding hydrogens is 236 g/mol. The molecular formula is C12H11ClN4. The minimum atomic E-state index is 0.656. The third-order valence-electron chi connectivity index (χ3n) is 2.71. The number of hydrogen-bond acceptors (Lipinski definition) is 2. The number of imidazole rings is 1. The molecule has 0 amide bonds. The van der Waals surface area contributed by atoms with E-state index in [-0.39, 0.29) is 0 Å². The molecule has 0 spiro atoms. The van der Waals surface area contributed by atoms with Crippen molar-refractivity contribution in [3.8, 4) is 11.5 Å². The summed E-state index contributed by atoms with van der Waals surface area (Å²) in [5, 5.41) is 4.96. The number of nitrogens with one attached hydrogen (secondary N) is 1. The molecule has 0 fully saturated rings. The van der Waals surface area contributed by atoms with Crippen molar-refractivity contribution in [1.29, 1.82) is 0 Å². The molecule has 2 heterocycles. The highest BCUT2D eigenvalue weighted by atomic mass is 35.5. The second-order valence-electron chi connectivity index (χ2n) is 4.02. The fourth-order valence-corrected chi connectivity index (χ4v) is 2.17. The molecule has 1 aromatic carbocycles. The second kappa shape index (κ2) is 3.60. The molecule has 0 saturated carbocycles. The van der Waals surface area contributed by atoms with Crippen molar-refractivity contribution >= 4 is 22.6 Å². The summed E-state index contributed by atoms with van der Waals surface area (Å²) < 4.78 is 1.81. The number of halogens is 1. The summed E-state index contributed by atoms with van der Waals surface area (Å²) in [5.74, 6) is 0.788. The largest absolute Gasteiger partial charge is 0.337 e. The number of rotatable bonds is 1. The molecule has 0 atom stereocenters. The number of H-pyrrole nitrogens is 1. The number of benzene rings is 1. The first-order chi connectivity index (χ1) is 8.15. The predicted octanol–water partition coefficient (Wildman–Crippen LogP) is 2.93. The van der Waals surface area contributed by atoms with E-state index in [0.29, 0.717) is 5.02 Å². The Morgan fingerprint density at radius 2 is 2.18 bits per heavy atom. The van der Waals surface area contributed by atoms with E-state index in [1.54, 1.807) is 4.68 Å². The Morgan fingerprint density at radius 3 is 2.82 bits per heavy atom. The summed E-state index contributed by atoms with van der Waals surface area (Å²) in [5.41, 5.74) is 3.65. The van der Waals surface area contributed by atoms with E-state index in [1.165, 1.54) is 0 Å². The maximum atomic E-state index is 6.10. The molecule has 0 aliphatic heterocycles. The topological polar surface area (TPSA) is 46.5 Å². The average molecular weight is 247 g/mol. The maximum Gasteiger partial charge on any atom is 0.156 e. The summed E-state index contributed by atoms with van der Waals surface area (Å²) in [6, 6.07) is 7.69. The van der Waals surface area contributed by atoms with Crippen LogP contribution in [0.3, 0.4) is 0 Å². The van der Waals surface area contributed by atoms with Gasteiger partial charge in [-0.1, -0.05) is 17.7 Å². The van der Waals surface area contributed by atoms with Gasteiger partial charge < -0.3 is 4.98 Å². The van der Waals surface area contributed by atoms with Gasteiger partial charge in [0.15, 0.2) is 5.82 Å². The van der Waals surface area contributed by atoms with E-state index >= 15 is 0 Å². The van der Waals surface area contributed by atoms with Crippen LogP contribution in [0, 0.1) is 6.92 Å². The van der Waals surface area contributed by atoms with Crippen LogP contribution in [0.4, 0.5) is 0 Å². The highest BCUT2D eigenvalue weighted by Gasteiger charge is 2.11. The van der Waals surface area contributed by atoms with E-state index in [2.05, 4.69) is 15.1 Å². The SMILES string of the molecule is Cc1cc(-c2nc3c(Cl)cccc3[nH]2)n(C)n1. The summed E-state index contributed by atoms with van der Waals surface area (Å²) in [6.07, 6.45) is 0. The van der Waals surface area contributed by atoms with Crippen molar-refractivity contribution in [2.24, 2.45) is 7.05 Å². The molecule has 0 unspecified atom stereocenters. The van der Waals surface area contributed by atoms with Gasteiger partial charge in [-0.05, 0) is 25.1 Å². The molecule has 17 heavy (non-hydrogen) atoms. The molecule has 5 heteroatoms. The Labute approximate surface area is 103 Å². The molecule has 0 aliphatic rings. The van der Waals surface area contributed by atoms with Crippen molar-refractivity contribution in [3.05, 3.63) is 35.0 Å². The third kappa shape index (κ3) is 1.61. The van der Waals surface area contributed by atoms with Gasteiger partial charge in [-0.15, -0.1) is 0 Å². The first kappa shape index (κ1) is 10.4. The van der Waals surface area contributed by atoms with Crippen LogP contribution in [0.25, 0.3) is 22.6 Å².